The molecule has 56 valence electrons. The van der Waals surface area contributed by atoms with Crippen molar-refractivity contribution in [3.63, 3.8) is 0 Å². The van der Waals surface area contributed by atoms with Crippen LogP contribution in [0, 0.1) is 0 Å². The molecule has 1 aliphatic rings. The molecule has 3 heteroatoms. The van der Waals surface area contributed by atoms with E-state index in [2.05, 4.69) is 0 Å². The molecule has 0 aromatic rings. The first-order chi connectivity index (χ1) is 4.72. The number of carbonyl (C=O) groups is 1. The van der Waals surface area contributed by atoms with Crippen LogP contribution in [0.1, 0.15) is 19.8 Å². The molecule has 1 aliphatic heterocycles. The van der Waals surface area contributed by atoms with E-state index in [1.54, 1.807) is 6.20 Å². The number of nitrogens with zero attached hydrogens (tertiary/aromatic N) is 1. The van der Waals surface area contributed by atoms with Gasteiger partial charge in [0.15, 0.2) is 0 Å². The van der Waals surface area contributed by atoms with Crippen LogP contribution in [0.5, 0.6) is 0 Å². The van der Waals surface area contributed by atoms with Crippen LogP contribution in [-0.2, 0) is 0 Å². The summed E-state index contributed by atoms with van der Waals surface area (Å²) >= 11 is 0. The lowest BCUT2D eigenvalue weighted by Crippen LogP contribution is -2.34. The maximum atomic E-state index is 10.4. The third-order valence-corrected chi connectivity index (χ3v) is 1.71. The Balaban J connectivity index is 2.64. The van der Waals surface area contributed by atoms with Gasteiger partial charge in [0.1, 0.15) is 0 Å². The number of amides is 1. The maximum absolute atomic E-state index is 10.4. The van der Waals surface area contributed by atoms with Gasteiger partial charge in [-0.1, -0.05) is 6.08 Å². The molecule has 1 heterocycles. The SMILES string of the molecule is CC1CCC=CN1C(=O)O. The first-order valence-electron chi connectivity index (χ1n) is 3.39. The Kier molecular flexibility index (Phi) is 1.94. The molecule has 1 rings (SSSR count). The second kappa shape index (κ2) is 2.73. The van der Waals surface area contributed by atoms with E-state index < -0.39 is 6.09 Å². The fourth-order valence-corrected chi connectivity index (χ4v) is 1.06. The van der Waals surface area contributed by atoms with E-state index in [9.17, 15) is 4.79 Å². The van der Waals surface area contributed by atoms with Gasteiger partial charge >= 0.3 is 6.09 Å². The van der Waals surface area contributed by atoms with Crippen LogP contribution in [0.25, 0.3) is 0 Å². The van der Waals surface area contributed by atoms with E-state index in [0.717, 1.165) is 12.8 Å². The van der Waals surface area contributed by atoms with Gasteiger partial charge in [-0.25, -0.2) is 4.79 Å². The van der Waals surface area contributed by atoms with E-state index in [1.807, 2.05) is 13.0 Å². The summed E-state index contributed by atoms with van der Waals surface area (Å²) in [6.07, 6.45) is 4.58. The summed E-state index contributed by atoms with van der Waals surface area (Å²) in [7, 11) is 0. The molecule has 0 saturated heterocycles. The molecule has 1 unspecified atom stereocenters. The summed E-state index contributed by atoms with van der Waals surface area (Å²) in [5.41, 5.74) is 0. The lowest BCUT2D eigenvalue weighted by molar-refractivity contribution is 0.146. The van der Waals surface area contributed by atoms with E-state index in [1.165, 1.54) is 4.90 Å². The molecular weight excluding hydrogens is 130 g/mol. The summed E-state index contributed by atoms with van der Waals surface area (Å²) in [6.45, 7) is 1.91. The molecule has 0 bridgehead atoms. The molecule has 3 nitrogen and oxygen atoms in total. The van der Waals surface area contributed by atoms with Gasteiger partial charge in [-0.2, -0.15) is 0 Å². The van der Waals surface area contributed by atoms with Crippen LogP contribution in [0.3, 0.4) is 0 Å². The number of allylic oxidation sites excluding steroid dienone is 1. The molecule has 0 aromatic heterocycles. The minimum atomic E-state index is -0.858. The predicted octanol–water partition coefficient (Wildman–Crippen LogP) is 1.66. The standard InChI is InChI=1S/C7H11NO2/c1-6-4-2-3-5-8(6)7(9)10/h3,5-6H,2,4H2,1H3,(H,9,10). The second-order valence-corrected chi connectivity index (χ2v) is 2.50. The molecule has 0 radical (unpaired) electrons. The average molecular weight is 141 g/mol. The predicted molar refractivity (Wildman–Crippen MR) is 37.7 cm³/mol. The third kappa shape index (κ3) is 1.29. The zero-order chi connectivity index (χ0) is 7.56. The quantitative estimate of drug-likeness (QED) is 0.557. The molecule has 0 aliphatic carbocycles. The molecular formula is C7H11NO2. The van der Waals surface area contributed by atoms with Gasteiger partial charge < -0.3 is 5.11 Å². The smallest absolute Gasteiger partial charge is 0.411 e. The molecule has 0 spiro atoms. The van der Waals surface area contributed by atoms with Crippen molar-refractivity contribution in [3.05, 3.63) is 12.3 Å². The van der Waals surface area contributed by atoms with Crippen molar-refractivity contribution in [2.45, 2.75) is 25.8 Å². The van der Waals surface area contributed by atoms with Crippen molar-refractivity contribution in [2.24, 2.45) is 0 Å². The molecule has 0 aromatic carbocycles. The molecule has 1 atom stereocenters. The number of hydrogen-bond acceptors (Lipinski definition) is 1. The van der Waals surface area contributed by atoms with Crippen molar-refractivity contribution in [1.29, 1.82) is 0 Å². The van der Waals surface area contributed by atoms with E-state index in [0.29, 0.717) is 0 Å². The van der Waals surface area contributed by atoms with E-state index >= 15 is 0 Å². The van der Waals surface area contributed by atoms with E-state index in [4.69, 9.17) is 5.11 Å². The lowest BCUT2D eigenvalue weighted by atomic mass is 10.1. The fraction of sp³-hybridized carbons (Fsp3) is 0.571. The van der Waals surface area contributed by atoms with Crippen LogP contribution < -0.4 is 0 Å². The highest BCUT2D eigenvalue weighted by Gasteiger charge is 2.17. The van der Waals surface area contributed by atoms with Gasteiger partial charge in [0.25, 0.3) is 0 Å². The number of hydrogen-bond donors (Lipinski definition) is 1. The molecule has 10 heavy (non-hydrogen) atoms. The van der Waals surface area contributed by atoms with Gasteiger partial charge in [0.05, 0.1) is 0 Å². The van der Waals surface area contributed by atoms with Gasteiger partial charge in [-0.15, -0.1) is 0 Å². The van der Waals surface area contributed by atoms with Crippen LogP contribution in [0.4, 0.5) is 4.79 Å². The topological polar surface area (TPSA) is 40.5 Å². The maximum Gasteiger partial charge on any atom is 0.411 e. The Hall–Kier alpha value is -0.990. The van der Waals surface area contributed by atoms with Crippen LogP contribution in [-0.4, -0.2) is 22.1 Å². The van der Waals surface area contributed by atoms with Crippen LogP contribution in [0.15, 0.2) is 12.3 Å². The van der Waals surface area contributed by atoms with Crippen LogP contribution in [0.2, 0.25) is 0 Å². The van der Waals surface area contributed by atoms with Crippen molar-refractivity contribution in [2.75, 3.05) is 0 Å². The molecule has 1 N–H and O–H groups in total. The second-order valence-electron chi connectivity index (χ2n) is 2.50. The van der Waals surface area contributed by atoms with Crippen molar-refractivity contribution in [1.82, 2.24) is 4.90 Å². The highest BCUT2D eigenvalue weighted by Crippen LogP contribution is 2.13. The first-order valence-corrected chi connectivity index (χ1v) is 3.39. The Labute approximate surface area is 59.9 Å². The monoisotopic (exact) mass is 141 g/mol. The molecule has 0 saturated carbocycles. The highest BCUT2D eigenvalue weighted by molar-refractivity contribution is 5.66. The Bertz CT molecular complexity index is 165. The zero-order valence-electron chi connectivity index (χ0n) is 5.95. The lowest BCUT2D eigenvalue weighted by Gasteiger charge is -2.25. The average Bonchev–Trinajstić information content (AvgIpc) is 1.88. The zero-order valence-corrected chi connectivity index (χ0v) is 5.95. The number of rotatable bonds is 0. The third-order valence-electron chi connectivity index (χ3n) is 1.71. The Morgan fingerprint density at radius 1 is 1.80 bits per heavy atom. The van der Waals surface area contributed by atoms with Crippen molar-refractivity contribution >= 4 is 6.09 Å². The summed E-state index contributed by atoms with van der Waals surface area (Å²) in [6, 6.07) is 0.141. The summed E-state index contributed by atoms with van der Waals surface area (Å²) in [5, 5.41) is 8.58. The molecule has 1 amide bonds. The largest absolute Gasteiger partial charge is 0.465 e. The van der Waals surface area contributed by atoms with Crippen LogP contribution >= 0.6 is 0 Å². The first kappa shape index (κ1) is 7.12. The van der Waals surface area contributed by atoms with Gasteiger partial charge in [0, 0.05) is 12.2 Å². The normalized spacial score (nSPS) is 24.9. The fourth-order valence-electron chi connectivity index (χ4n) is 1.06. The minimum Gasteiger partial charge on any atom is -0.465 e. The summed E-state index contributed by atoms with van der Waals surface area (Å²) < 4.78 is 0. The Morgan fingerprint density at radius 3 is 2.90 bits per heavy atom. The van der Waals surface area contributed by atoms with Gasteiger partial charge in [-0.05, 0) is 19.8 Å². The highest BCUT2D eigenvalue weighted by atomic mass is 16.4. The Morgan fingerprint density at radius 2 is 2.50 bits per heavy atom. The summed E-state index contributed by atoms with van der Waals surface area (Å²) in [5.74, 6) is 0. The summed E-state index contributed by atoms with van der Waals surface area (Å²) in [4.78, 5) is 11.8. The van der Waals surface area contributed by atoms with Gasteiger partial charge in [0.2, 0.25) is 0 Å². The van der Waals surface area contributed by atoms with Crippen molar-refractivity contribution < 1.29 is 9.90 Å². The minimum absolute atomic E-state index is 0.141. The van der Waals surface area contributed by atoms with Gasteiger partial charge in [-0.3, -0.25) is 4.90 Å². The van der Waals surface area contributed by atoms with Crippen molar-refractivity contribution in [3.8, 4) is 0 Å². The van der Waals surface area contributed by atoms with E-state index in [-0.39, 0.29) is 6.04 Å². The molecule has 0 fully saturated rings. The number of carboxylic acid groups (broad SMARTS) is 1.